The normalized spacial score (nSPS) is 14.9. The van der Waals surface area contributed by atoms with Crippen LogP contribution in [0.5, 0.6) is 0 Å². The number of ether oxygens (including phenoxy) is 2. The van der Waals surface area contributed by atoms with Crippen molar-refractivity contribution in [2.45, 2.75) is 78.8 Å². The Morgan fingerprint density at radius 3 is 1.84 bits per heavy atom. The molecule has 0 spiro atoms. The smallest absolute Gasteiger partial charge is 0.265 e. The van der Waals surface area contributed by atoms with Crippen LogP contribution in [0.2, 0.25) is 18.1 Å². The standard InChI is InChI=1S/C19H32Cl6N2O3Si/c1-7-8-9-14(30-31(5,6)17(2,3)4)13(12-29-16(27)19(23,24)25)10-11-28-15(26)18(20,21)22/h10,14,26-27H,7-9,11-12H2,1-6H3/b13-10+,26-15?,27-16?. The van der Waals surface area contributed by atoms with Gasteiger partial charge in [-0.25, -0.2) is 0 Å². The van der Waals surface area contributed by atoms with Crippen molar-refractivity contribution < 1.29 is 13.9 Å². The van der Waals surface area contributed by atoms with Crippen molar-refractivity contribution in [1.29, 1.82) is 10.8 Å². The Balaban J connectivity index is 5.77. The van der Waals surface area contributed by atoms with Crippen molar-refractivity contribution in [3.8, 4) is 0 Å². The SMILES string of the molecule is CCCCC(O[Si](C)(C)C(C)(C)C)/C(=C/COC(=N)C(Cl)(Cl)Cl)COC(=N)C(Cl)(Cl)Cl. The molecule has 12 heteroatoms. The summed E-state index contributed by atoms with van der Waals surface area (Å²) in [6.45, 7) is 12.8. The molecule has 0 aromatic carbocycles. The number of hydrogen-bond acceptors (Lipinski definition) is 5. The van der Waals surface area contributed by atoms with Crippen LogP contribution >= 0.6 is 69.6 Å². The van der Waals surface area contributed by atoms with Gasteiger partial charge in [-0.2, -0.15) is 0 Å². The van der Waals surface area contributed by atoms with Crippen LogP contribution in [0, 0.1) is 10.8 Å². The van der Waals surface area contributed by atoms with Crippen LogP contribution in [-0.2, 0) is 13.9 Å². The zero-order valence-electron chi connectivity index (χ0n) is 18.7. The number of halogens is 6. The quantitative estimate of drug-likeness (QED) is 0.0904. The molecule has 0 heterocycles. The minimum Gasteiger partial charge on any atom is -0.474 e. The molecule has 182 valence electrons. The van der Waals surface area contributed by atoms with E-state index in [2.05, 4.69) is 40.8 Å². The molecule has 0 saturated heterocycles. The van der Waals surface area contributed by atoms with E-state index in [-0.39, 0.29) is 24.4 Å². The second-order valence-corrected chi connectivity index (χ2v) is 17.9. The van der Waals surface area contributed by atoms with Crippen LogP contribution in [0.1, 0.15) is 47.0 Å². The zero-order valence-corrected chi connectivity index (χ0v) is 24.2. The van der Waals surface area contributed by atoms with Gasteiger partial charge < -0.3 is 13.9 Å². The number of rotatable bonds is 10. The summed E-state index contributed by atoms with van der Waals surface area (Å²) >= 11 is 34.2. The molecule has 0 fully saturated rings. The van der Waals surface area contributed by atoms with Gasteiger partial charge in [-0.15, -0.1) is 0 Å². The van der Waals surface area contributed by atoms with Gasteiger partial charge in [0.15, 0.2) is 8.32 Å². The second kappa shape index (κ2) is 12.9. The van der Waals surface area contributed by atoms with Crippen LogP contribution in [0.25, 0.3) is 0 Å². The van der Waals surface area contributed by atoms with Gasteiger partial charge in [0.05, 0.1) is 6.10 Å². The fourth-order valence-corrected chi connectivity index (χ4v) is 3.74. The fraction of sp³-hybridized carbons (Fsp3) is 0.789. The highest BCUT2D eigenvalue weighted by Crippen LogP contribution is 2.39. The maximum Gasteiger partial charge on any atom is 0.265 e. The third-order valence-corrected chi connectivity index (χ3v) is 10.5. The first-order chi connectivity index (χ1) is 13.8. The van der Waals surface area contributed by atoms with Gasteiger partial charge in [0.2, 0.25) is 11.8 Å². The predicted molar refractivity (Wildman–Crippen MR) is 138 cm³/mol. The van der Waals surface area contributed by atoms with Gasteiger partial charge in [-0.1, -0.05) is 110 Å². The van der Waals surface area contributed by atoms with E-state index in [1.54, 1.807) is 6.08 Å². The summed E-state index contributed by atoms with van der Waals surface area (Å²) in [5, 5.41) is 15.5. The van der Waals surface area contributed by atoms with E-state index >= 15 is 0 Å². The topological polar surface area (TPSA) is 75.4 Å². The Bertz CT molecular complexity index is 640. The molecule has 1 atom stereocenters. The molecule has 0 aromatic heterocycles. The molecule has 0 aliphatic rings. The summed E-state index contributed by atoms with van der Waals surface area (Å²) in [7, 11) is -2.14. The molecule has 0 amide bonds. The summed E-state index contributed by atoms with van der Waals surface area (Å²) < 4.78 is 13.4. The van der Waals surface area contributed by atoms with Gasteiger partial charge in [-0.3, -0.25) is 10.8 Å². The summed E-state index contributed by atoms with van der Waals surface area (Å²) in [4.78, 5) is 0. The molecule has 2 N–H and O–H groups in total. The lowest BCUT2D eigenvalue weighted by atomic mass is 10.0. The van der Waals surface area contributed by atoms with Crippen LogP contribution < -0.4 is 0 Å². The molecule has 0 aromatic rings. The number of hydrogen-bond donors (Lipinski definition) is 2. The summed E-state index contributed by atoms with van der Waals surface area (Å²) in [6.07, 6.45) is 4.04. The lowest BCUT2D eigenvalue weighted by Crippen LogP contribution is -2.45. The van der Waals surface area contributed by atoms with E-state index in [9.17, 15) is 0 Å². The Hall–Kier alpha value is 0.597. The fourth-order valence-electron chi connectivity index (χ4n) is 2.08. The van der Waals surface area contributed by atoms with E-state index in [1.165, 1.54) is 0 Å². The van der Waals surface area contributed by atoms with Crippen molar-refractivity contribution in [2.75, 3.05) is 13.2 Å². The monoisotopic (exact) mass is 574 g/mol. The third kappa shape index (κ3) is 12.0. The Kier molecular flexibility index (Phi) is 13.1. The van der Waals surface area contributed by atoms with Gasteiger partial charge in [-0.05, 0) is 36.2 Å². The number of nitrogens with one attached hydrogen (secondary N) is 2. The highest BCUT2D eigenvalue weighted by atomic mass is 35.6. The minimum atomic E-state index is -2.14. The highest BCUT2D eigenvalue weighted by Gasteiger charge is 2.40. The molecule has 31 heavy (non-hydrogen) atoms. The maximum atomic E-state index is 7.82. The van der Waals surface area contributed by atoms with Crippen molar-refractivity contribution >= 4 is 89.7 Å². The van der Waals surface area contributed by atoms with Gasteiger partial charge in [0.25, 0.3) is 7.59 Å². The third-order valence-electron chi connectivity index (χ3n) is 4.95. The molecule has 0 rings (SSSR count). The van der Waals surface area contributed by atoms with E-state index in [1.807, 2.05) is 0 Å². The summed E-state index contributed by atoms with van der Waals surface area (Å²) in [6, 6.07) is 0. The molecule has 0 radical (unpaired) electrons. The number of unbranched alkanes of at least 4 members (excludes halogenated alkanes) is 1. The second-order valence-electron chi connectivity index (χ2n) is 8.54. The van der Waals surface area contributed by atoms with Crippen LogP contribution in [0.15, 0.2) is 11.6 Å². The first-order valence-corrected chi connectivity index (χ1v) is 14.9. The van der Waals surface area contributed by atoms with E-state index in [0.717, 1.165) is 19.3 Å². The zero-order chi connectivity index (χ0) is 24.7. The van der Waals surface area contributed by atoms with E-state index in [0.29, 0.717) is 5.57 Å². The van der Waals surface area contributed by atoms with Crippen molar-refractivity contribution in [2.24, 2.45) is 0 Å². The highest BCUT2D eigenvalue weighted by molar-refractivity contribution is 6.76. The largest absolute Gasteiger partial charge is 0.474 e. The average molecular weight is 577 g/mol. The van der Waals surface area contributed by atoms with Crippen molar-refractivity contribution in [1.82, 2.24) is 0 Å². The minimum absolute atomic E-state index is 0.0121. The maximum absolute atomic E-state index is 7.82. The van der Waals surface area contributed by atoms with Crippen molar-refractivity contribution in [3.63, 3.8) is 0 Å². The number of alkyl halides is 6. The molecule has 5 nitrogen and oxygen atoms in total. The van der Waals surface area contributed by atoms with Gasteiger partial charge in [0.1, 0.15) is 13.2 Å². The lowest BCUT2D eigenvalue weighted by molar-refractivity contribution is 0.179. The van der Waals surface area contributed by atoms with Crippen LogP contribution in [-0.4, -0.2) is 47.0 Å². The molecular weight excluding hydrogens is 545 g/mol. The van der Waals surface area contributed by atoms with Gasteiger partial charge in [0, 0.05) is 0 Å². The van der Waals surface area contributed by atoms with Crippen LogP contribution in [0.3, 0.4) is 0 Å². The van der Waals surface area contributed by atoms with E-state index in [4.69, 9.17) is 94.3 Å². The molecule has 0 aliphatic heterocycles. The summed E-state index contributed by atoms with van der Waals surface area (Å²) in [5.74, 6) is -1.00. The van der Waals surface area contributed by atoms with Crippen molar-refractivity contribution in [3.05, 3.63) is 11.6 Å². The Labute approximate surface area is 217 Å². The Morgan fingerprint density at radius 1 is 0.935 bits per heavy atom. The van der Waals surface area contributed by atoms with Crippen LogP contribution in [0.4, 0.5) is 0 Å². The van der Waals surface area contributed by atoms with E-state index < -0.39 is 27.7 Å². The molecule has 0 saturated carbocycles. The first-order valence-electron chi connectivity index (χ1n) is 9.76. The molecule has 0 aliphatic carbocycles. The lowest BCUT2D eigenvalue weighted by Gasteiger charge is -2.40. The van der Waals surface area contributed by atoms with Gasteiger partial charge >= 0.3 is 0 Å². The molecule has 0 bridgehead atoms. The average Bonchev–Trinajstić information content (AvgIpc) is 2.58. The molecular formula is C19H32Cl6N2O3Si. The predicted octanol–water partition coefficient (Wildman–Crippen LogP) is 8.22. The first kappa shape index (κ1) is 31.6. The Morgan fingerprint density at radius 2 is 1.42 bits per heavy atom. The summed E-state index contributed by atoms with van der Waals surface area (Å²) in [5.41, 5.74) is 0.703. The molecule has 1 unspecified atom stereocenters.